The zero-order chi connectivity index (χ0) is 10.6. The molecular formula is C11H24N2O. The third-order valence-corrected chi connectivity index (χ3v) is 3.03. The smallest absolute Gasteiger partial charge is 0.0634 e. The van der Waals surface area contributed by atoms with Crippen molar-refractivity contribution in [2.75, 3.05) is 26.7 Å². The van der Waals surface area contributed by atoms with Crippen LogP contribution in [0.1, 0.15) is 33.1 Å². The van der Waals surface area contributed by atoms with Gasteiger partial charge >= 0.3 is 0 Å². The minimum atomic E-state index is 0.00172. The van der Waals surface area contributed by atoms with E-state index in [2.05, 4.69) is 18.7 Å². The molecule has 0 amide bonds. The summed E-state index contributed by atoms with van der Waals surface area (Å²) in [4.78, 5) is 2.50. The Balaban J connectivity index is 2.25. The Morgan fingerprint density at radius 2 is 2.00 bits per heavy atom. The highest BCUT2D eigenvalue weighted by atomic mass is 16.5. The highest BCUT2D eigenvalue weighted by molar-refractivity contribution is 4.85. The van der Waals surface area contributed by atoms with Crippen molar-refractivity contribution < 1.29 is 4.74 Å². The van der Waals surface area contributed by atoms with Crippen molar-refractivity contribution >= 4 is 0 Å². The van der Waals surface area contributed by atoms with Crippen LogP contribution in [0.4, 0.5) is 0 Å². The maximum Gasteiger partial charge on any atom is 0.0634 e. The van der Waals surface area contributed by atoms with E-state index in [0.29, 0.717) is 0 Å². The first-order valence-corrected chi connectivity index (χ1v) is 5.58. The quantitative estimate of drug-likeness (QED) is 0.671. The van der Waals surface area contributed by atoms with Crippen LogP contribution in [0, 0.1) is 0 Å². The predicted octanol–water partition coefficient (Wildman–Crippen LogP) is 1.22. The topological polar surface area (TPSA) is 38.5 Å². The maximum atomic E-state index is 5.59. The zero-order valence-corrected chi connectivity index (χ0v) is 9.75. The van der Waals surface area contributed by atoms with Gasteiger partial charge in [-0.2, -0.15) is 0 Å². The third-order valence-electron chi connectivity index (χ3n) is 3.03. The van der Waals surface area contributed by atoms with Crippen molar-refractivity contribution in [2.45, 2.75) is 44.8 Å². The molecule has 1 rings (SSSR count). The molecule has 3 nitrogen and oxygen atoms in total. The van der Waals surface area contributed by atoms with E-state index in [1.807, 2.05) is 0 Å². The molecule has 0 radical (unpaired) electrons. The van der Waals surface area contributed by atoms with Crippen LogP contribution < -0.4 is 5.73 Å². The Morgan fingerprint density at radius 1 is 1.36 bits per heavy atom. The fourth-order valence-corrected chi connectivity index (χ4v) is 1.60. The van der Waals surface area contributed by atoms with Crippen molar-refractivity contribution in [1.29, 1.82) is 0 Å². The molecule has 2 N–H and O–H groups in total. The Labute approximate surface area is 87.6 Å². The van der Waals surface area contributed by atoms with Gasteiger partial charge in [0.25, 0.3) is 0 Å². The standard InChI is InChI=1S/C11H24N2O/c1-11(2,14-3)6-8-13(9-7-12)10-4-5-10/h10H,4-9,12H2,1-3H3. The van der Waals surface area contributed by atoms with E-state index in [1.165, 1.54) is 12.8 Å². The fraction of sp³-hybridized carbons (Fsp3) is 1.00. The summed E-state index contributed by atoms with van der Waals surface area (Å²) in [6, 6.07) is 0.811. The summed E-state index contributed by atoms with van der Waals surface area (Å²) >= 11 is 0. The van der Waals surface area contributed by atoms with E-state index in [0.717, 1.165) is 32.1 Å². The minimum Gasteiger partial charge on any atom is -0.379 e. The molecule has 0 aliphatic heterocycles. The number of hydrogen-bond acceptors (Lipinski definition) is 3. The van der Waals surface area contributed by atoms with Crippen LogP contribution in [-0.2, 0) is 4.74 Å². The second-order valence-electron chi connectivity index (χ2n) is 4.77. The molecule has 1 saturated carbocycles. The summed E-state index contributed by atoms with van der Waals surface area (Å²) in [6.45, 7) is 7.19. The van der Waals surface area contributed by atoms with Crippen molar-refractivity contribution in [3.05, 3.63) is 0 Å². The van der Waals surface area contributed by atoms with Gasteiger partial charge in [0.1, 0.15) is 0 Å². The largest absolute Gasteiger partial charge is 0.379 e. The molecule has 0 aromatic heterocycles. The third kappa shape index (κ3) is 3.95. The summed E-state index contributed by atoms with van der Waals surface area (Å²) in [7, 11) is 1.78. The zero-order valence-electron chi connectivity index (χ0n) is 9.75. The summed E-state index contributed by atoms with van der Waals surface area (Å²) in [6.07, 6.45) is 3.79. The van der Waals surface area contributed by atoms with Gasteiger partial charge in [0.05, 0.1) is 5.60 Å². The molecule has 1 aliphatic carbocycles. The normalized spacial score (nSPS) is 17.8. The van der Waals surface area contributed by atoms with Crippen LogP contribution in [0.3, 0.4) is 0 Å². The van der Waals surface area contributed by atoms with Crippen LogP contribution in [-0.4, -0.2) is 43.3 Å². The van der Waals surface area contributed by atoms with Crippen molar-refractivity contribution in [3.63, 3.8) is 0 Å². The van der Waals surface area contributed by atoms with E-state index in [-0.39, 0.29) is 5.60 Å². The summed E-state index contributed by atoms with van der Waals surface area (Å²) in [5.74, 6) is 0. The lowest BCUT2D eigenvalue weighted by molar-refractivity contribution is 0.00701. The van der Waals surface area contributed by atoms with Gasteiger partial charge in [0.2, 0.25) is 0 Å². The molecule has 0 aromatic carbocycles. The van der Waals surface area contributed by atoms with E-state index in [1.54, 1.807) is 7.11 Å². The van der Waals surface area contributed by atoms with Crippen LogP contribution in [0.25, 0.3) is 0 Å². The Morgan fingerprint density at radius 3 is 2.43 bits per heavy atom. The van der Waals surface area contributed by atoms with Gasteiger partial charge in [-0.1, -0.05) is 0 Å². The number of hydrogen-bond donors (Lipinski definition) is 1. The molecule has 0 bridgehead atoms. The summed E-state index contributed by atoms with van der Waals surface area (Å²) < 4.78 is 5.41. The monoisotopic (exact) mass is 200 g/mol. The average Bonchev–Trinajstić information content (AvgIpc) is 2.95. The van der Waals surface area contributed by atoms with Gasteiger partial charge in [0, 0.05) is 32.8 Å². The molecule has 0 aromatic rings. The summed E-state index contributed by atoms with van der Waals surface area (Å²) in [5, 5.41) is 0. The van der Waals surface area contributed by atoms with Crippen LogP contribution in [0.15, 0.2) is 0 Å². The lowest BCUT2D eigenvalue weighted by Crippen LogP contribution is -2.36. The Bertz CT molecular complexity index is 167. The highest BCUT2D eigenvalue weighted by Crippen LogP contribution is 2.27. The molecule has 1 fully saturated rings. The lowest BCUT2D eigenvalue weighted by Gasteiger charge is -2.28. The van der Waals surface area contributed by atoms with Crippen LogP contribution >= 0.6 is 0 Å². The number of ether oxygens (including phenoxy) is 1. The van der Waals surface area contributed by atoms with Gasteiger partial charge < -0.3 is 10.5 Å². The molecule has 0 saturated heterocycles. The van der Waals surface area contributed by atoms with Gasteiger partial charge in [-0.3, -0.25) is 4.90 Å². The van der Waals surface area contributed by atoms with Gasteiger partial charge in [0.15, 0.2) is 0 Å². The molecule has 0 spiro atoms. The highest BCUT2D eigenvalue weighted by Gasteiger charge is 2.29. The molecule has 84 valence electrons. The van der Waals surface area contributed by atoms with E-state index >= 15 is 0 Å². The second-order valence-corrected chi connectivity index (χ2v) is 4.77. The van der Waals surface area contributed by atoms with Crippen LogP contribution in [0.2, 0.25) is 0 Å². The molecule has 1 aliphatic rings. The Hall–Kier alpha value is -0.120. The lowest BCUT2D eigenvalue weighted by atomic mass is 10.1. The SMILES string of the molecule is COC(C)(C)CCN(CCN)C1CC1. The maximum absolute atomic E-state index is 5.59. The number of nitrogens with zero attached hydrogens (tertiary/aromatic N) is 1. The van der Waals surface area contributed by atoms with Gasteiger partial charge in [-0.25, -0.2) is 0 Å². The fourth-order valence-electron chi connectivity index (χ4n) is 1.60. The van der Waals surface area contributed by atoms with E-state index in [4.69, 9.17) is 10.5 Å². The molecule has 0 atom stereocenters. The first-order chi connectivity index (χ1) is 6.59. The number of methoxy groups -OCH3 is 1. The van der Waals surface area contributed by atoms with Crippen molar-refractivity contribution in [3.8, 4) is 0 Å². The van der Waals surface area contributed by atoms with Crippen molar-refractivity contribution in [2.24, 2.45) is 5.73 Å². The average molecular weight is 200 g/mol. The summed E-state index contributed by atoms with van der Waals surface area (Å²) in [5.41, 5.74) is 5.60. The van der Waals surface area contributed by atoms with E-state index < -0.39 is 0 Å². The first kappa shape index (κ1) is 12.0. The van der Waals surface area contributed by atoms with E-state index in [9.17, 15) is 0 Å². The first-order valence-electron chi connectivity index (χ1n) is 5.58. The van der Waals surface area contributed by atoms with Gasteiger partial charge in [-0.05, 0) is 33.1 Å². The second kappa shape index (κ2) is 5.10. The number of rotatable bonds is 7. The van der Waals surface area contributed by atoms with Gasteiger partial charge in [-0.15, -0.1) is 0 Å². The molecule has 14 heavy (non-hydrogen) atoms. The Kier molecular flexibility index (Phi) is 4.35. The molecular weight excluding hydrogens is 176 g/mol. The minimum absolute atomic E-state index is 0.00172. The van der Waals surface area contributed by atoms with Crippen LogP contribution in [0.5, 0.6) is 0 Å². The molecule has 0 heterocycles. The number of nitrogens with two attached hydrogens (primary N) is 1. The molecule has 3 heteroatoms. The predicted molar refractivity (Wildman–Crippen MR) is 59.4 cm³/mol. The molecule has 0 unspecified atom stereocenters. The van der Waals surface area contributed by atoms with Crippen molar-refractivity contribution in [1.82, 2.24) is 4.90 Å².